The van der Waals surface area contributed by atoms with Gasteiger partial charge in [-0.3, -0.25) is 19.7 Å². The van der Waals surface area contributed by atoms with Gasteiger partial charge < -0.3 is 19.5 Å². The van der Waals surface area contributed by atoms with E-state index in [2.05, 4.69) is 35.7 Å². The van der Waals surface area contributed by atoms with Gasteiger partial charge in [-0.1, -0.05) is 57.9 Å². The monoisotopic (exact) mass is 704 g/mol. The summed E-state index contributed by atoms with van der Waals surface area (Å²) in [6.45, 7) is 8.60. The Morgan fingerprint density at radius 2 is 1.70 bits per heavy atom. The molecule has 0 bridgehead atoms. The summed E-state index contributed by atoms with van der Waals surface area (Å²) < 4.78 is 47.1. The van der Waals surface area contributed by atoms with Crippen LogP contribution in [0, 0.1) is 12.3 Å². The molecule has 0 saturated heterocycles. The third-order valence-corrected chi connectivity index (χ3v) is 10.3. The minimum Gasteiger partial charge on any atom is -0.487 e. The van der Waals surface area contributed by atoms with Gasteiger partial charge in [-0.2, -0.15) is 13.2 Å². The average Bonchev–Trinajstić information content (AvgIpc) is 3.68. The number of benzene rings is 2. The molecule has 1 saturated carbocycles. The van der Waals surface area contributed by atoms with E-state index in [1.807, 2.05) is 41.8 Å². The van der Waals surface area contributed by atoms with Gasteiger partial charge in [0.25, 0.3) is 0 Å². The topological polar surface area (TPSA) is 110 Å². The lowest BCUT2D eigenvalue weighted by Crippen LogP contribution is -2.36. The van der Waals surface area contributed by atoms with Gasteiger partial charge in [0.2, 0.25) is 0 Å². The molecule has 0 radical (unpaired) electrons. The lowest BCUT2D eigenvalue weighted by molar-refractivity contribution is -0.157. The Kier molecular flexibility index (Phi) is 9.71. The van der Waals surface area contributed by atoms with Gasteiger partial charge in [0.05, 0.1) is 45.5 Å². The zero-order chi connectivity index (χ0) is 35.8. The van der Waals surface area contributed by atoms with Crippen LogP contribution < -0.4 is 4.74 Å². The third-order valence-electron chi connectivity index (χ3n) is 9.04. The summed E-state index contributed by atoms with van der Waals surface area (Å²) in [4.78, 5) is 26.4. The van der Waals surface area contributed by atoms with Crippen molar-refractivity contribution >= 4 is 28.6 Å². The maximum Gasteiger partial charge on any atom is 0.417 e. The van der Waals surface area contributed by atoms with E-state index in [1.165, 1.54) is 6.07 Å². The van der Waals surface area contributed by atoms with Crippen LogP contribution in [0.15, 0.2) is 78.1 Å². The van der Waals surface area contributed by atoms with Gasteiger partial charge in [-0.25, -0.2) is 0 Å². The van der Waals surface area contributed by atoms with Gasteiger partial charge >= 0.3 is 12.1 Å². The first-order valence-corrected chi connectivity index (χ1v) is 17.3. The summed E-state index contributed by atoms with van der Waals surface area (Å²) in [6, 6.07) is 15.4. The summed E-state index contributed by atoms with van der Waals surface area (Å²) in [6.07, 6.45) is 0.578. The first-order chi connectivity index (χ1) is 23.6. The highest BCUT2D eigenvalue weighted by molar-refractivity contribution is 8.00. The second kappa shape index (κ2) is 13.7. The minimum atomic E-state index is -4.47. The Hall–Kier alpha value is -4.42. The van der Waals surface area contributed by atoms with Crippen molar-refractivity contribution in [2.45, 2.75) is 88.5 Å². The maximum atomic E-state index is 13.1. The van der Waals surface area contributed by atoms with Crippen molar-refractivity contribution in [3.05, 3.63) is 101 Å². The van der Waals surface area contributed by atoms with Crippen LogP contribution in [0.1, 0.15) is 80.8 Å². The van der Waals surface area contributed by atoms with E-state index in [-0.39, 0.29) is 11.4 Å². The van der Waals surface area contributed by atoms with E-state index in [4.69, 9.17) is 4.74 Å². The highest BCUT2D eigenvalue weighted by atomic mass is 32.2. The molecule has 1 fully saturated rings. The van der Waals surface area contributed by atoms with Crippen molar-refractivity contribution in [1.82, 2.24) is 19.5 Å². The Morgan fingerprint density at radius 1 is 0.980 bits per heavy atom. The Balaban J connectivity index is 1.43. The normalized spacial score (nSPS) is 15.4. The highest BCUT2D eigenvalue weighted by Crippen LogP contribution is 2.53. The van der Waals surface area contributed by atoms with Gasteiger partial charge in [0.15, 0.2) is 0 Å². The first kappa shape index (κ1) is 35.4. The number of aliphatic hydroxyl groups is 1. The molecule has 1 aliphatic carbocycles. The van der Waals surface area contributed by atoms with E-state index < -0.39 is 29.2 Å². The molecule has 3 aromatic heterocycles. The average molecular weight is 705 g/mol. The van der Waals surface area contributed by atoms with E-state index in [9.17, 15) is 28.2 Å². The highest BCUT2D eigenvalue weighted by Gasteiger charge is 2.50. The molecule has 1 atom stereocenters. The summed E-state index contributed by atoms with van der Waals surface area (Å²) in [5, 5.41) is 23.6. The van der Waals surface area contributed by atoms with E-state index in [0.717, 1.165) is 39.3 Å². The minimum absolute atomic E-state index is 0.207. The van der Waals surface area contributed by atoms with Crippen molar-refractivity contribution in [2.24, 2.45) is 5.41 Å². The summed E-state index contributed by atoms with van der Waals surface area (Å²) in [7, 11) is 0. The van der Waals surface area contributed by atoms with Crippen molar-refractivity contribution in [1.29, 1.82) is 0 Å². The van der Waals surface area contributed by atoms with Crippen molar-refractivity contribution in [3.63, 3.8) is 0 Å². The Bertz CT molecular complexity index is 1980. The van der Waals surface area contributed by atoms with Crippen LogP contribution in [0.25, 0.3) is 22.2 Å². The molecule has 0 aliphatic heterocycles. The molecule has 0 spiro atoms. The quantitative estimate of drug-likeness (QED) is 0.139. The van der Waals surface area contributed by atoms with Gasteiger partial charge in [0, 0.05) is 39.5 Å². The SMILES string of the molecule is Cc1cnc(COc2ccc3c(c2)c(SC(C)(C)C)c(C(O)C2(C(=O)O)CCCC2)n3Cc2ccc(-c3ccc(C(F)(F)F)cn3)cc2)cn1. The summed E-state index contributed by atoms with van der Waals surface area (Å²) in [5.41, 5.74) is 2.59. The smallest absolute Gasteiger partial charge is 0.417 e. The fraction of sp³-hybridized carbons (Fsp3) is 0.368. The van der Waals surface area contributed by atoms with E-state index in [1.54, 1.807) is 36.3 Å². The number of ether oxygens (including phenoxy) is 1. The number of carboxylic acids is 1. The first-order valence-electron chi connectivity index (χ1n) is 16.4. The molecule has 8 nitrogen and oxygen atoms in total. The molecule has 12 heteroatoms. The predicted molar refractivity (Wildman–Crippen MR) is 186 cm³/mol. The Morgan fingerprint density at radius 3 is 2.28 bits per heavy atom. The van der Waals surface area contributed by atoms with Crippen LogP contribution >= 0.6 is 11.8 Å². The molecule has 1 unspecified atom stereocenters. The number of carboxylic acid groups (broad SMARTS) is 1. The molecule has 0 amide bonds. The number of aliphatic carboxylic acids is 1. The number of thioether (sulfide) groups is 1. The molecule has 2 N–H and O–H groups in total. The van der Waals surface area contributed by atoms with Gasteiger partial charge in [-0.05, 0) is 55.7 Å². The van der Waals surface area contributed by atoms with Crippen molar-refractivity contribution in [2.75, 3.05) is 0 Å². The van der Waals surface area contributed by atoms with E-state index >= 15 is 0 Å². The number of halogens is 3. The number of carbonyl (C=O) groups is 1. The number of alkyl halides is 3. The zero-order valence-corrected chi connectivity index (χ0v) is 29.1. The third kappa shape index (κ3) is 7.36. The number of pyridine rings is 1. The van der Waals surface area contributed by atoms with Crippen LogP contribution in [0.4, 0.5) is 13.2 Å². The molecule has 6 rings (SSSR count). The van der Waals surface area contributed by atoms with E-state index in [0.29, 0.717) is 60.6 Å². The van der Waals surface area contributed by atoms with Crippen LogP contribution in [0.3, 0.4) is 0 Å². The van der Waals surface area contributed by atoms with Gasteiger partial charge in [0.1, 0.15) is 18.5 Å². The van der Waals surface area contributed by atoms with Crippen LogP contribution in [-0.4, -0.2) is 40.4 Å². The van der Waals surface area contributed by atoms with Crippen LogP contribution in [0.2, 0.25) is 0 Å². The lowest BCUT2D eigenvalue weighted by atomic mass is 9.79. The molecule has 50 heavy (non-hydrogen) atoms. The molecule has 2 aromatic carbocycles. The van der Waals surface area contributed by atoms with Crippen molar-refractivity contribution < 1.29 is 32.9 Å². The fourth-order valence-electron chi connectivity index (χ4n) is 6.49. The molecule has 3 heterocycles. The molecular weight excluding hydrogens is 666 g/mol. The summed E-state index contributed by atoms with van der Waals surface area (Å²) >= 11 is 1.57. The number of aromatic nitrogens is 4. The predicted octanol–water partition coefficient (Wildman–Crippen LogP) is 9.02. The number of rotatable bonds is 10. The largest absolute Gasteiger partial charge is 0.487 e. The second-order valence-electron chi connectivity index (χ2n) is 13.8. The van der Waals surface area contributed by atoms with Crippen LogP contribution in [0.5, 0.6) is 5.75 Å². The number of aryl methyl sites for hydroxylation is 1. The standard InChI is InChI=1S/C38H39F3N4O4S/c1-23-18-43-27(20-42-23)22-49-28-12-14-31-29(17-28)33(50-36(2,3)4)32(34(46)37(35(47)48)15-5-6-16-37)45(31)21-24-7-9-25(10-8-24)30-13-11-26(19-44-30)38(39,40)41/h7-14,17-20,34,46H,5-6,15-16,21-22H2,1-4H3,(H,47,48). The summed E-state index contributed by atoms with van der Waals surface area (Å²) in [5.74, 6) is -0.418. The van der Waals surface area contributed by atoms with Gasteiger partial charge in [-0.15, -0.1) is 11.8 Å². The number of hydrogen-bond donors (Lipinski definition) is 2. The number of fused-ring (bicyclic) bond motifs is 1. The van der Waals surface area contributed by atoms with Crippen molar-refractivity contribution in [3.8, 4) is 17.0 Å². The molecule has 262 valence electrons. The molecule has 5 aromatic rings. The Labute approximate surface area is 292 Å². The fourth-order valence-corrected chi connectivity index (χ4v) is 7.70. The number of hydrogen-bond acceptors (Lipinski definition) is 7. The maximum absolute atomic E-state index is 13.1. The molecule has 1 aliphatic rings. The number of aliphatic hydroxyl groups excluding tert-OH is 1. The van der Waals surface area contributed by atoms with Crippen LogP contribution in [-0.2, 0) is 24.1 Å². The zero-order valence-electron chi connectivity index (χ0n) is 28.3. The number of nitrogens with zero attached hydrogens (tertiary/aromatic N) is 4. The molecular formula is C38H39F3N4O4S. The second-order valence-corrected chi connectivity index (χ2v) is 15.7. The lowest BCUT2D eigenvalue weighted by Gasteiger charge is -2.32.